The molecule has 21 heavy (non-hydrogen) atoms. The van der Waals surface area contributed by atoms with Crippen LogP contribution in [0.25, 0.3) is 10.8 Å². The second kappa shape index (κ2) is 5.84. The van der Waals surface area contributed by atoms with Crippen molar-refractivity contribution in [2.75, 3.05) is 5.73 Å². The number of fused-ring (bicyclic) bond motifs is 1. The minimum absolute atomic E-state index is 0.379. The van der Waals surface area contributed by atoms with Crippen molar-refractivity contribution in [2.24, 2.45) is 0 Å². The van der Waals surface area contributed by atoms with Crippen LogP contribution in [0.5, 0.6) is 5.75 Å². The van der Waals surface area contributed by atoms with Crippen LogP contribution < -0.4 is 10.5 Å². The Morgan fingerprint density at radius 3 is 2.43 bits per heavy atom. The first-order valence-electron chi connectivity index (χ1n) is 6.49. The minimum Gasteiger partial charge on any atom is -0.488 e. The molecule has 0 heterocycles. The first-order valence-corrected chi connectivity index (χ1v) is 7.24. The van der Waals surface area contributed by atoms with Gasteiger partial charge < -0.3 is 10.5 Å². The fourth-order valence-electron chi connectivity index (χ4n) is 2.21. The zero-order chi connectivity index (χ0) is 14.8. The molecule has 2 nitrogen and oxygen atoms in total. The lowest BCUT2D eigenvalue weighted by Crippen LogP contribution is -1.98. The lowest BCUT2D eigenvalue weighted by Gasteiger charge is -2.12. The van der Waals surface area contributed by atoms with Crippen molar-refractivity contribution in [1.29, 1.82) is 0 Å². The summed E-state index contributed by atoms with van der Waals surface area (Å²) in [5, 5.41) is 3.18. The maximum absolute atomic E-state index is 6.15. The van der Waals surface area contributed by atoms with Crippen LogP contribution >= 0.6 is 23.2 Å². The number of nitrogen functional groups attached to an aromatic ring is 1. The van der Waals surface area contributed by atoms with Crippen molar-refractivity contribution in [3.8, 4) is 5.75 Å². The number of nitrogens with two attached hydrogens (primary N) is 1. The Hall–Kier alpha value is -1.90. The Labute approximate surface area is 133 Å². The maximum atomic E-state index is 6.15. The average Bonchev–Trinajstić information content (AvgIpc) is 2.48. The molecule has 2 N–H and O–H groups in total. The van der Waals surface area contributed by atoms with Crippen LogP contribution in [-0.2, 0) is 6.61 Å². The van der Waals surface area contributed by atoms with Gasteiger partial charge in [0, 0.05) is 32.1 Å². The number of benzene rings is 3. The molecule has 0 saturated carbocycles. The summed E-state index contributed by atoms with van der Waals surface area (Å²) in [5.74, 6) is 0.783. The van der Waals surface area contributed by atoms with Gasteiger partial charge in [0.1, 0.15) is 12.4 Å². The summed E-state index contributed by atoms with van der Waals surface area (Å²) >= 11 is 12.0. The quantitative estimate of drug-likeness (QED) is 0.664. The van der Waals surface area contributed by atoms with E-state index in [2.05, 4.69) is 0 Å². The fourth-order valence-corrected chi connectivity index (χ4v) is 2.68. The number of hydrogen-bond acceptors (Lipinski definition) is 2. The van der Waals surface area contributed by atoms with E-state index in [0.29, 0.717) is 16.7 Å². The third-order valence-electron chi connectivity index (χ3n) is 3.32. The van der Waals surface area contributed by atoms with Crippen molar-refractivity contribution in [1.82, 2.24) is 0 Å². The van der Waals surface area contributed by atoms with Gasteiger partial charge in [0.15, 0.2) is 0 Å². The SMILES string of the molecule is Nc1ccc(OCc2ccc(Cl)cc2Cl)c2ccccc12. The first-order chi connectivity index (χ1) is 10.1. The summed E-state index contributed by atoms with van der Waals surface area (Å²) in [6.07, 6.45) is 0. The lowest BCUT2D eigenvalue weighted by molar-refractivity contribution is 0.310. The predicted octanol–water partition coefficient (Wildman–Crippen LogP) is 5.31. The zero-order valence-corrected chi connectivity index (χ0v) is 12.7. The number of ether oxygens (including phenoxy) is 1. The number of anilines is 1. The number of halogens is 2. The molecule has 0 unspecified atom stereocenters. The van der Waals surface area contributed by atoms with Gasteiger partial charge in [-0.3, -0.25) is 0 Å². The summed E-state index contributed by atoms with van der Waals surface area (Å²) in [7, 11) is 0. The Morgan fingerprint density at radius 1 is 0.905 bits per heavy atom. The molecule has 3 rings (SSSR count). The van der Waals surface area contributed by atoms with E-state index in [1.807, 2.05) is 42.5 Å². The van der Waals surface area contributed by atoms with Crippen LogP contribution in [0, 0.1) is 0 Å². The zero-order valence-electron chi connectivity index (χ0n) is 11.1. The van der Waals surface area contributed by atoms with Crippen LogP contribution in [-0.4, -0.2) is 0 Å². The smallest absolute Gasteiger partial charge is 0.127 e. The molecular weight excluding hydrogens is 305 g/mol. The van der Waals surface area contributed by atoms with Gasteiger partial charge in [0.25, 0.3) is 0 Å². The van der Waals surface area contributed by atoms with E-state index in [1.165, 1.54) is 0 Å². The second-order valence-corrected chi connectivity index (χ2v) is 5.57. The van der Waals surface area contributed by atoms with Gasteiger partial charge in [-0.05, 0) is 24.3 Å². The van der Waals surface area contributed by atoms with Gasteiger partial charge >= 0.3 is 0 Å². The molecule has 0 fully saturated rings. The molecule has 0 saturated heterocycles. The molecule has 0 bridgehead atoms. The Balaban J connectivity index is 1.90. The first kappa shape index (κ1) is 14.1. The summed E-state index contributed by atoms with van der Waals surface area (Å²) in [4.78, 5) is 0. The Bertz CT molecular complexity index is 802. The van der Waals surface area contributed by atoms with Crippen LogP contribution in [0.3, 0.4) is 0 Å². The molecular formula is C17H13Cl2NO. The molecule has 4 heteroatoms. The van der Waals surface area contributed by atoms with Crippen LogP contribution in [0.1, 0.15) is 5.56 Å². The van der Waals surface area contributed by atoms with Crippen LogP contribution in [0.2, 0.25) is 10.0 Å². The molecule has 0 aliphatic carbocycles. The van der Waals surface area contributed by atoms with Crippen molar-refractivity contribution in [2.45, 2.75) is 6.61 Å². The van der Waals surface area contributed by atoms with Crippen LogP contribution in [0.4, 0.5) is 5.69 Å². The van der Waals surface area contributed by atoms with E-state index in [9.17, 15) is 0 Å². The number of rotatable bonds is 3. The van der Waals surface area contributed by atoms with E-state index >= 15 is 0 Å². The van der Waals surface area contributed by atoms with Crippen LogP contribution in [0.15, 0.2) is 54.6 Å². The van der Waals surface area contributed by atoms with Gasteiger partial charge in [-0.25, -0.2) is 0 Å². The van der Waals surface area contributed by atoms with E-state index in [0.717, 1.165) is 27.8 Å². The molecule has 0 amide bonds. The Kier molecular flexibility index (Phi) is 3.91. The van der Waals surface area contributed by atoms with Crippen molar-refractivity contribution >= 4 is 39.7 Å². The van der Waals surface area contributed by atoms with E-state index in [4.69, 9.17) is 33.7 Å². The maximum Gasteiger partial charge on any atom is 0.127 e. The lowest BCUT2D eigenvalue weighted by atomic mass is 10.1. The highest BCUT2D eigenvalue weighted by molar-refractivity contribution is 6.35. The van der Waals surface area contributed by atoms with Gasteiger partial charge in [0.05, 0.1) is 0 Å². The summed E-state index contributed by atoms with van der Waals surface area (Å²) in [5.41, 5.74) is 7.61. The third kappa shape index (κ3) is 2.92. The molecule has 106 valence electrons. The minimum atomic E-state index is 0.379. The molecule has 0 radical (unpaired) electrons. The molecule has 0 spiro atoms. The van der Waals surface area contributed by atoms with Gasteiger partial charge in [-0.1, -0.05) is 53.5 Å². The topological polar surface area (TPSA) is 35.2 Å². The molecule has 0 aromatic heterocycles. The second-order valence-electron chi connectivity index (χ2n) is 4.72. The fraction of sp³-hybridized carbons (Fsp3) is 0.0588. The summed E-state index contributed by atoms with van der Waals surface area (Å²) in [6.45, 7) is 0.379. The number of hydrogen-bond donors (Lipinski definition) is 1. The highest BCUT2D eigenvalue weighted by Crippen LogP contribution is 2.31. The third-order valence-corrected chi connectivity index (χ3v) is 3.90. The molecule has 3 aromatic rings. The van der Waals surface area contributed by atoms with E-state index in [-0.39, 0.29) is 0 Å². The monoisotopic (exact) mass is 317 g/mol. The standard InChI is InChI=1S/C17H13Cl2NO/c18-12-6-5-11(15(19)9-12)10-21-17-8-7-16(20)13-3-1-2-4-14(13)17/h1-9H,10,20H2. The summed E-state index contributed by atoms with van der Waals surface area (Å²) < 4.78 is 5.90. The average molecular weight is 318 g/mol. The van der Waals surface area contributed by atoms with E-state index in [1.54, 1.807) is 12.1 Å². The summed E-state index contributed by atoms with van der Waals surface area (Å²) in [6, 6.07) is 17.0. The highest BCUT2D eigenvalue weighted by atomic mass is 35.5. The van der Waals surface area contributed by atoms with E-state index < -0.39 is 0 Å². The van der Waals surface area contributed by atoms with Crippen molar-refractivity contribution in [3.05, 3.63) is 70.2 Å². The molecule has 0 aliphatic rings. The Morgan fingerprint density at radius 2 is 1.67 bits per heavy atom. The highest BCUT2D eigenvalue weighted by Gasteiger charge is 2.07. The van der Waals surface area contributed by atoms with Gasteiger partial charge in [-0.2, -0.15) is 0 Å². The largest absolute Gasteiger partial charge is 0.488 e. The van der Waals surface area contributed by atoms with Gasteiger partial charge in [0.2, 0.25) is 0 Å². The van der Waals surface area contributed by atoms with Crippen molar-refractivity contribution in [3.63, 3.8) is 0 Å². The normalized spacial score (nSPS) is 10.8. The predicted molar refractivity (Wildman–Crippen MR) is 89.2 cm³/mol. The molecule has 3 aromatic carbocycles. The van der Waals surface area contributed by atoms with Crippen molar-refractivity contribution < 1.29 is 4.74 Å². The molecule has 0 atom stereocenters. The molecule has 0 aliphatic heterocycles. The van der Waals surface area contributed by atoms with Gasteiger partial charge in [-0.15, -0.1) is 0 Å².